The molecule has 4 rings (SSSR count). The molecule has 196 valence electrons. The van der Waals surface area contributed by atoms with Crippen LogP contribution < -0.4 is 24.7 Å². The molecule has 2 N–H and O–H groups in total. The minimum absolute atomic E-state index is 0.00509. The number of carbonyl (C=O) groups is 1. The largest absolute Gasteiger partial charge is 0.493 e. The zero-order valence-electron chi connectivity index (χ0n) is 21.3. The van der Waals surface area contributed by atoms with Gasteiger partial charge < -0.3 is 24.7 Å². The lowest BCUT2D eigenvalue weighted by Gasteiger charge is -2.27. The van der Waals surface area contributed by atoms with Gasteiger partial charge in [-0.25, -0.2) is 4.79 Å². The number of halogens is 1. The number of allylic oxidation sites excluding steroid dienone is 1. The third kappa shape index (κ3) is 5.95. The number of ether oxygens (including phenoxy) is 4. The van der Waals surface area contributed by atoms with Gasteiger partial charge in [0.25, 0.3) is 0 Å². The van der Waals surface area contributed by atoms with Crippen molar-refractivity contribution in [3.8, 4) is 29.1 Å². The highest BCUT2D eigenvalue weighted by atomic mass is 79.9. The van der Waals surface area contributed by atoms with Crippen LogP contribution in [0.15, 0.2) is 76.6 Å². The molecule has 1 aliphatic rings. The molecule has 3 aromatic carbocycles. The van der Waals surface area contributed by atoms with Crippen LogP contribution in [-0.4, -0.2) is 19.7 Å². The Labute approximate surface area is 230 Å². The second-order valence-corrected chi connectivity index (χ2v) is 9.67. The number of rotatable bonds is 10. The molecule has 0 spiro atoms. The Bertz CT molecular complexity index is 1400. The Morgan fingerprint density at radius 1 is 1.08 bits per heavy atom. The van der Waals surface area contributed by atoms with Crippen LogP contribution in [0.3, 0.4) is 0 Å². The summed E-state index contributed by atoms with van der Waals surface area (Å²) >= 11 is 3.37. The molecule has 8 heteroatoms. The first-order valence-electron chi connectivity index (χ1n) is 12.5. The van der Waals surface area contributed by atoms with Gasteiger partial charge in [0.1, 0.15) is 23.1 Å². The van der Waals surface area contributed by atoms with Crippen molar-refractivity contribution in [1.82, 2.24) is 0 Å². The van der Waals surface area contributed by atoms with E-state index in [1.54, 1.807) is 43.5 Å². The van der Waals surface area contributed by atoms with Crippen molar-refractivity contribution in [2.45, 2.75) is 38.5 Å². The SMILES string of the molecule is CCCCCCOc1ccc(C2C(C#N)=C(N)Oc3cc(OC(=O)c4ccccc4Br)ccc32)cc1OC. The fourth-order valence-corrected chi connectivity index (χ4v) is 4.77. The number of unbranched alkanes of at least 4 members (excludes halogenated alkanes) is 3. The summed E-state index contributed by atoms with van der Waals surface area (Å²) in [6, 6.07) is 19.9. The second kappa shape index (κ2) is 12.5. The van der Waals surface area contributed by atoms with Gasteiger partial charge in [-0.3, -0.25) is 0 Å². The molecule has 1 heterocycles. The third-order valence-electron chi connectivity index (χ3n) is 6.27. The summed E-state index contributed by atoms with van der Waals surface area (Å²) in [7, 11) is 1.59. The topological polar surface area (TPSA) is 104 Å². The standard InChI is InChI=1S/C30H29BrN2O5/c1-3-4-5-8-15-36-25-14-11-19(16-27(25)35-2)28-22-13-12-20(17-26(22)38-29(33)23(28)18-32)37-30(34)21-9-6-7-10-24(21)31/h6-7,9-14,16-17,28H,3-5,8,15,33H2,1-2H3. The van der Waals surface area contributed by atoms with Gasteiger partial charge in [0.15, 0.2) is 11.5 Å². The number of hydrogen-bond donors (Lipinski definition) is 1. The number of fused-ring (bicyclic) bond motifs is 1. The molecule has 0 saturated heterocycles. The molecule has 0 aliphatic carbocycles. The summed E-state index contributed by atoms with van der Waals surface area (Å²) in [5, 5.41) is 9.91. The van der Waals surface area contributed by atoms with E-state index in [1.165, 1.54) is 6.42 Å². The van der Waals surface area contributed by atoms with E-state index < -0.39 is 11.9 Å². The lowest BCUT2D eigenvalue weighted by molar-refractivity contribution is 0.0733. The Morgan fingerprint density at radius 3 is 2.63 bits per heavy atom. The van der Waals surface area contributed by atoms with Crippen LogP contribution in [0.4, 0.5) is 0 Å². The Morgan fingerprint density at radius 2 is 1.89 bits per heavy atom. The molecule has 0 aromatic heterocycles. The predicted octanol–water partition coefficient (Wildman–Crippen LogP) is 6.85. The van der Waals surface area contributed by atoms with Gasteiger partial charge in [-0.1, -0.05) is 50.5 Å². The molecule has 1 atom stereocenters. The normalized spacial score (nSPS) is 14.2. The van der Waals surface area contributed by atoms with Gasteiger partial charge in [-0.2, -0.15) is 5.26 Å². The zero-order valence-corrected chi connectivity index (χ0v) is 22.9. The lowest BCUT2D eigenvalue weighted by Crippen LogP contribution is -2.21. The first kappa shape index (κ1) is 27.1. The summed E-state index contributed by atoms with van der Waals surface area (Å²) in [4.78, 5) is 12.7. The first-order chi connectivity index (χ1) is 18.5. The van der Waals surface area contributed by atoms with Gasteiger partial charge in [0.05, 0.1) is 25.2 Å². The van der Waals surface area contributed by atoms with E-state index in [4.69, 9.17) is 24.7 Å². The molecule has 7 nitrogen and oxygen atoms in total. The summed E-state index contributed by atoms with van der Waals surface area (Å²) < 4.78 is 23.6. The average molecular weight is 577 g/mol. The number of nitrogens with two attached hydrogens (primary N) is 1. The molecule has 0 radical (unpaired) electrons. The maximum atomic E-state index is 12.7. The maximum absolute atomic E-state index is 12.7. The fourth-order valence-electron chi connectivity index (χ4n) is 4.32. The number of esters is 1. The van der Waals surface area contributed by atoms with Crippen molar-refractivity contribution in [1.29, 1.82) is 5.26 Å². The minimum Gasteiger partial charge on any atom is -0.493 e. The van der Waals surface area contributed by atoms with Crippen LogP contribution in [0.25, 0.3) is 0 Å². The minimum atomic E-state index is -0.513. The van der Waals surface area contributed by atoms with Crippen molar-refractivity contribution >= 4 is 21.9 Å². The molecular weight excluding hydrogens is 548 g/mol. The van der Waals surface area contributed by atoms with E-state index in [0.29, 0.717) is 45.2 Å². The molecule has 0 amide bonds. The van der Waals surface area contributed by atoms with Crippen molar-refractivity contribution in [2.24, 2.45) is 5.73 Å². The molecule has 0 saturated carbocycles. The highest BCUT2D eigenvalue weighted by Crippen LogP contribution is 2.45. The fraction of sp³-hybridized carbons (Fsp3) is 0.267. The number of methoxy groups -OCH3 is 1. The van der Waals surface area contributed by atoms with E-state index in [9.17, 15) is 10.1 Å². The first-order valence-corrected chi connectivity index (χ1v) is 13.2. The van der Waals surface area contributed by atoms with Crippen molar-refractivity contribution in [2.75, 3.05) is 13.7 Å². The molecule has 1 aliphatic heterocycles. The quantitative estimate of drug-likeness (QED) is 0.160. The van der Waals surface area contributed by atoms with Gasteiger partial charge in [0, 0.05) is 16.1 Å². The Hall–Kier alpha value is -3.96. The summed E-state index contributed by atoms with van der Waals surface area (Å²) in [5.74, 6) is 0.894. The Kier molecular flexibility index (Phi) is 8.93. The van der Waals surface area contributed by atoms with Crippen molar-refractivity contribution in [3.05, 3.63) is 93.3 Å². The lowest BCUT2D eigenvalue weighted by atomic mass is 9.83. The van der Waals surface area contributed by atoms with E-state index in [2.05, 4.69) is 28.9 Å². The molecule has 0 fully saturated rings. The average Bonchev–Trinajstić information content (AvgIpc) is 2.92. The van der Waals surface area contributed by atoms with Crippen LogP contribution >= 0.6 is 15.9 Å². The van der Waals surface area contributed by atoms with Crippen LogP contribution in [0.1, 0.15) is 60.0 Å². The van der Waals surface area contributed by atoms with Crippen molar-refractivity contribution in [3.63, 3.8) is 0 Å². The zero-order chi connectivity index (χ0) is 27.1. The number of benzene rings is 3. The van der Waals surface area contributed by atoms with E-state index >= 15 is 0 Å². The van der Waals surface area contributed by atoms with Gasteiger partial charge in [0.2, 0.25) is 5.88 Å². The second-order valence-electron chi connectivity index (χ2n) is 8.81. The highest BCUT2D eigenvalue weighted by molar-refractivity contribution is 9.10. The summed E-state index contributed by atoms with van der Waals surface area (Å²) in [5.41, 5.74) is 8.35. The maximum Gasteiger partial charge on any atom is 0.344 e. The predicted molar refractivity (Wildman–Crippen MR) is 147 cm³/mol. The number of hydrogen-bond acceptors (Lipinski definition) is 7. The monoisotopic (exact) mass is 576 g/mol. The van der Waals surface area contributed by atoms with Crippen LogP contribution in [0, 0.1) is 11.3 Å². The van der Waals surface area contributed by atoms with Gasteiger partial charge >= 0.3 is 5.97 Å². The van der Waals surface area contributed by atoms with Crippen LogP contribution in [-0.2, 0) is 0 Å². The van der Waals surface area contributed by atoms with E-state index in [-0.39, 0.29) is 11.5 Å². The van der Waals surface area contributed by atoms with Crippen LogP contribution in [0.5, 0.6) is 23.0 Å². The summed E-state index contributed by atoms with van der Waals surface area (Å²) in [6.45, 7) is 2.78. The molecule has 0 bridgehead atoms. The van der Waals surface area contributed by atoms with Gasteiger partial charge in [-0.15, -0.1) is 0 Å². The molecule has 3 aromatic rings. The summed E-state index contributed by atoms with van der Waals surface area (Å²) in [6.07, 6.45) is 4.43. The number of carbonyl (C=O) groups excluding carboxylic acids is 1. The molecule has 1 unspecified atom stereocenters. The van der Waals surface area contributed by atoms with Crippen LogP contribution in [0.2, 0.25) is 0 Å². The molecular formula is C30H29BrN2O5. The molecule has 38 heavy (non-hydrogen) atoms. The van der Waals surface area contributed by atoms with Gasteiger partial charge in [-0.05, 0) is 58.2 Å². The van der Waals surface area contributed by atoms with Crippen molar-refractivity contribution < 1.29 is 23.7 Å². The highest BCUT2D eigenvalue weighted by Gasteiger charge is 2.32. The number of nitrogens with zero attached hydrogens (tertiary/aromatic N) is 1. The Balaban J connectivity index is 1.61. The third-order valence-corrected chi connectivity index (χ3v) is 6.96. The number of nitriles is 1. The van der Waals surface area contributed by atoms with E-state index in [0.717, 1.165) is 24.8 Å². The smallest absolute Gasteiger partial charge is 0.344 e. The van der Waals surface area contributed by atoms with E-state index in [1.807, 2.05) is 24.3 Å².